The van der Waals surface area contributed by atoms with Gasteiger partial charge in [-0.25, -0.2) is 8.78 Å². The van der Waals surface area contributed by atoms with Crippen molar-refractivity contribution >= 4 is 27.5 Å². The van der Waals surface area contributed by atoms with Crippen LogP contribution in [0.25, 0.3) is 0 Å². The van der Waals surface area contributed by atoms with Gasteiger partial charge in [-0.1, -0.05) is 17.7 Å². The Kier molecular flexibility index (Phi) is 3.01. The van der Waals surface area contributed by atoms with E-state index in [0.29, 0.717) is 11.0 Å². The molecule has 0 saturated carbocycles. The van der Waals surface area contributed by atoms with Crippen molar-refractivity contribution in [1.82, 2.24) is 5.32 Å². The fourth-order valence-electron chi connectivity index (χ4n) is 1.76. The molecule has 82 valence electrons. The van der Waals surface area contributed by atoms with E-state index in [-0.39, 0.29) is 23.6 Å². The molecular weight excluding hydrogens is 287 g/mol. The highest BCUT2D eigenvalue weighted by molar-refractivity contribution is 9.10. The minimum Gasteiger partial charge on any atom is -0.313 e. The summed E-state index contributed by atoms with van der Waals surface area (Å²) in [7, 11) is 0. The average molecular weight is 297 g/mol. The molecular formula is C10H9BrClF2N. The molecule has 5 heteroatoms. The minimum absolute atomic E-state index is 0.0423. The van der Waals surface area contributed by atoms with Crippen LogP contribution >= 0.6 is 27.5 Å². The Hall–Kier alpha value is -0.190. The first kappa shape index (κ1) is 11.3. The summed E-state index contributed by atoms with van der Waals surface area (Å²) in [6, 6.07) is 3.01. The molecule has 1 atom stereocenters. The lowest BCUT2D eigenvalue weighted by Crippen LogP contribution is -2.24. The van der Waals surface area contributed by atoms with E-state index in [9.17, 15) is 8.78 Å². The summed E-state index contributed by atoms with van der Waals surface area (Å²) in [5.74, 6) is -0.669. The molecule has 0 spiro atoms. The molecule has 2 rings (SSSR count). The van der Waals surface area contributed by atoms with Crippen molar-refractivity contribution in [3.05, 3.63) is 33.0 Å². The normalized spacial score (nSPS) is 25.9. The summed E-state index contributed by atoms with van der Waals surface area (Å²) < 4.78 is 28.4. The number of hydrogen-bond donors (Lipinski definition) is 1. The quantitative estimate of drug-likeness (QED) is 0.783. The number of benzene rings is 1. The first-order chi connectivity index (χ1) is 7.04. The Morgan fingerprint density at radius 1 is 1.47 bits per heavy atom. The lowest BCUT2D eigenvalue weighted by atomic mass is 9.94. The highest BCUT2D eigenvalue weighted by Crippen LogP contribution is 2.38. The SMILES string of the molecule is Fc1c(C2(F)CCNC2)ccc(Br)c1Cl. The van der Waals surface area contributed by atoms with Gasteiger partial charge in [0.25, 0.3) is 0 Å². The predicted molar refractivity (Wildman–Crippen MR) is 59.4 cm³/mol. The molecule has 1 aliphatic rings. The van der Waals surface area contributed by atoms with E-state index in [4.69, 9.17) is 11.6 Å². The van der Waals surface area contributed by atoms with Crippen LogP contribution in [0.3, 0.4) is 0 Å². The topological polar surface area (TPSA) is 12.0 Å². The Balaban J connectivity index is 2.49. The predicted octanol–water partition coefficient (Wildman–Crippen LogP) is 3.40. The van der Waals surface area contributed by atoms with Crippen molar-refractivity contribution in [1.29, 1.82) is 0 Å². The van der Waals surface area contributed by atoms with Gasteiger partial charge < -0.3 is 5.32 Å². The van der Waals surface area contributed by atoms with Crippen LogP contribution in [-0.2, 0) is 5.67 Å². The van der Waals surface area contributed by atoms with Gasteiger partial charge in [0.2, 0.25) is 0 Å². The maximum Gasteiger partial charge on any atom is 0.152 e. The van der Waals surface area contributed by atoms with Gasteiger partial charge in [-0.2, -0.15) is 0 Å². The lowest BCUT2D eigenvalue weighted by molar-refractivity contribution is 0.186. The van der Waals surface area contributed by atoms with Crippen molar-refractivity contribution in [3.63, 3.8) is 0 Å². The standard InChI is InChI=1S/C10H9BrClF2N/c11-7-2-1-6(9(13)8(7)12)10(14)3-4-15-5-10/h1-2,15H,3-5H2. The summed E-state index contributed by atoms with van der Waals surface area (Å²) in [4.78, 5) is 0. The molecule has 1 saturated heterocycles. The second-order valence-corrected chi connectivity index (χ2v) is 4.85. The Morgan fingerprint density at radius 3 is 2.80 bits per heavy atom. The Morgan fingerprint density at radius 2 is 2.20 bits per heavy atom. The van der Waals surface area contributed by atoms with Crippen LogP contribution in [0.4, 0.5) is 8.78 Å². The number of nitrogens with one attached hydrogen (secondary N) is 1. The molecule has 0 radical (unpaired) electrons. The Labute approximate surface area is 99.9 Å². The van der Waals surface area contributed by atoms with E-state index in [1.54, 1.807) is 6.07 Å². The van der Waals surface area contributed by atoms with Gasteiger partial charge in [0, 0.05) is 16.6 Å². The van der Waals surface area contributed by atoms with Crippen molar-refractivity contribution in [2.24, 2.45) is 0 Å². The van der Waals surface area contributed by atoms with Gasteiger partial charge in [0.05, 0.1) is 5.02 Å². The highest BCUT2D eigenvalue weighted by atomic mass is 79.9. The van der Waals surface area contributed by atoms with E-state index < -0.39 is 11.5 Å². The van der Waals surface area contributed by atoms with Crippen LogP contribution in [0.2, 0.25) is 5.02 Å². The molecule has 1 aromatic rings. The molecule has 1 aromatic carbocycles. The number of halogens is 4. The van der Waals surface area contributed by atoms with Crippen molar-refractivity contribution in [2.45, 2.75) is 12.1 Å². The first-order valence-corrected chi connectivity index (χ1v) is 5.75. The zero-order chi connectivity index (χ0) is 11.1. The smallest absolute Gasteiger partial charge is 0.152 e. The number of alkyl halides is 1. The molecule has 0 amide bonds. The third kappa shape index (κ3) is 1.90. The summed E-state index contributed by atoms with van der Waals surface area (Å²) >= 11 is 8.81. The van der Waals surface area contributed by atoms with Crippen LogP contribution < -0.4 is 5.32 Å². The third-order valence-corrected chi connectivity index (χ3v) is 3.88. The van der Waals surface area contributed by atoms with Gasteiger partial charge in [-0.15, -0.1) is 0 Å². The molecule has 15 heavy (non-hydrogen) atoms. The van der Waals surface area contributed by atoms with Crippen LogP contribution in [0.15, 0.2) is 16.6 Å². The highest BCUT2D eigenvalue weighted by Gasteiger charge is 2.38. The van der Waals surface area contributed by atoms with Gasteiger partial charge in [-0.05, 0) is 35.0 Å². The van der Waals surface area contributed by atoms with E-state index in [2.05, 4.69) is 21.2 Å². The maximum atomic E-state index is 14.2. The van der Waals surface area contributed by atoms with E-state index in [0.717, 1.165) is 0 Å². The zero-order valence-corrected chi connectivity index (χ0v) is 10.1. The van der Waals surface area contributed by atoms with E-state index in [1.165, 1.54) is 6.07 Å². The molecule has 1 aliphatic heterocycles. The fourth-order valence-corrected chi connectivity index (χ4v) is 2.23. The van der Waals surface area contributed by atoms with Crippen LogP contribution in [0, 0.1) is 5.82 Å². The average Bonchev–Trinajstić information content (AvgIpc) is 2.62. The van der Waals surface area contributed by atoms with Gasteiger partial charge in [0.15, 0.2) is 5.67 Å². The molecule has 0 aliphatic carbocycles. The first-order valence-electron chi connectivity index (χ1n) is 4.58. The monoisotopic (exact) mass is 295 g/mol. The minimum atomic E-state index is -1.63. The van der Waals surface area contributed by atoms with E-state index >= 15 is 0 Å². The Bertz CT molecular complexity index is 391. The molecule has 1 unspecified atom stereocenters. The summed E-state index contributed by atoms with van der Waals surface area (Å²) in [6.07, 6.45) is 0.280. The summed E-state index contributed by atoms with van der Waals surface area (Å²) in [5.41, 5.74) is -1.59. The van der Waals surface area contributed by atoms with Gasteiger partial charge in [-0.3, -0.25) is 0 Å². The molecule has 0 aromatic heterocycles. The van der Waals surface area contributed by atoms with Gasteiger partial charge >= 0.3 is 0 Å². The number of hydrogen-bond acceptors (Lipinski definition) is 1. The van der Waals surface area contributed by atoms with E-state index in [1.807, 2.05) is 0 Å². The summed E-state index contributed by atoms with van der Waals surface area (Å²) in [5, 5.41) is 2.82. The number of rotatable bonds is 1. The largest absolute Gasteiger partial charge is 0.313 e. The molecule has 1 nitrogen and oxygen atoms in total. The van der Waals surface area contributed by atoms with Crippen LogP contribution in [-0.4, -0.2) is 13.1 Å². The van der Waals surface area contributed by atoms with Crippen molar-refractivity contribution in [3.8, 4) is 0 Å². The second kappa shape index (κ2) is 4.00. The van der Waals surface area contributed by atoms with Crippen molar-refractivity contribution < 1.29 is 8.78 Å². The molecule has 1 heterocycles. The summed E-state index contributed by atoms with van der Waals surface area (Å²) in [6.45, 7) is 0.700. The molecule has 0 bridgehead atoms. The van der Waals surface area contributed by atoms with Crippen LogP contribution in [0.5, 0.6) is 0 Å². The maximum absolute atomic E-state index is 14.2. The third-order valence-electron chi connectivity index (χ3n) is 2.62. The fraction of sp³-hybridized carbons (Fsp3) is 0.400. The lowest BCUT2D eigenvalue weighted by Gasteiger charge is -2.20. The second-order valence-electron chi connectivity index (χ2n) is 3.61. The molecule has 1 N–H and O–H groups in total. The zero-order valence-electron chi connectivity index (χ0n) is 7.79. The van der Waals surface area contributed by atoms with Crippen LogP contribution in [0.1, 0.15) is 12.0 Å². The molecule has 1 fully saturated rings. The van der Waals surface area contributed by atoms with Crippen molar-refractivity contribution in [2.75, 3.05) is 13.1 Å². The van der Waals surface area contributed by atoms with Gasteiger partial charge in [0.1, 0.15) is 5.82 Å².